The predicted octanol–water partition coefficient (Wildman–Crippen LogP) is 1.44. The molecule has 5 nitrogen and oxygen atoms in total. The summed E-state index contributed by atoms with van der Waals surface area (Å²) in [6, 6.07) is 0. The molecule has 0 amide bonds. The molecule has 0 aliphatic carbocycles. The lowest BCUT2D eigenvalue weighted by molar-refractivity contribution is -0.146. The van der Waals surface area contributed by atoms with Crippen LogP contribution in [-0.4, -0.2) is 25.7 Å². The second-order valence-corrected chi connectivity index (χ2v) is 3.81. The van der Waals surface area contributed by atoms with Gasteiger partial charge in [-0.15, -0.1) is 0 Å². The minimum atomic E-state index is -0.989. The molecule has 1 aromatic rings. The van der Waals surface area contributed by atoms with Crippen LogP contribution in [0.2, 0.25) is 0 Å². The number of aliphatic carboxylic acids is 1. The van der Waals surface area contributed by atoms with Crippen molar-refractivity contribution >= 4 is 5.97 Å². The van der Waals surface area contributed by atoms with Gasteiger partial charge in [0.1, 0.15) is 6.10 Å². The smallest absolute Gasteiger partial charge is 0.309 e. The van der Waals surface area contributed by atoms with Crippen LogP contribution in [0.4, 0.5) is 0 Å². The van der Waals surface area contributed by atoms with E-state index in [9.17, 15) is 9.90 Å². The van der Waals surface area contributed by atoms with Crippen molar-refractivity contribution < 1.29 is 15.0 Å². The molecule has 0 saturated carbocycles. The van der Waals surface area contributed by atoms with Crippen molar-refractivity contribution in [3.05, 3.63) is 18.2 Å². The second kappa shape index (κ2) is 5.65. The molecule has 5 heteroatoms. The van der Waals surface area contributed by atoms with E-state index in [0.717, 1.165) is 13.0 Å². The number of hydrogen-bond acceptors (Lipinski definition) is 3. The lowest BCUT2D eigenvalue weighted by Gasteiger charge is -2.18. The molecule has 90 valence electrons. The summed E-state index contributed by atoms with van der Waals surface area (Å²) in [5, 5.41) is 19.0. The van der Waals surface area contributed by atoms with Crippen molar-refractivity contribution in [2.75, 3.05) is 0 Å². The van der Waals surface area contributed by atoms with Gasteiger partial charge >= 0.3 is 5.97 Å². The maximum absolute atomic E-state index is 10.9. The number of rotatable bonds is 6. The highest BCUT2D eigenvalue weighted by molar-refractivity contribution is 5.70. The number of aromatic nitrogens is 2. The van der Waals surface area contributed by atoms with Gasteiger partial charge in [-0.05, 0) is 12.8 Å². The van der Waals surface area contributed by atoms with Gasteiger partial charge in [-0.3, -0.25) is 4.79 Å². The van der Waals surface area contributed by atoms with Gasteiger partial charge in [0.25, 0.3) is 0 Å². The van der Waals surface area contributed by atoms with E-state index in [1.165, 1.54) is 6.20 Å². The molecule has 0 aliphatic heterocycles. The van der Waals surface area contributed by atoms with Crippen LogP contribution < -0.4 is 0 Å². The van der Waals surface area contributed by atoms with Gasteiger partial charge in [0, 0.05) is 6.54 Å². The molecule has 16 heavy (non-hydrogen) atoms. The highest BCUT2D eigenvalue weighted by Crippen LogP contribution is 2.24. The Morgan fingerprint density at radius 1 is 1.56 bits per heavy atom. The molecule has 1 heterocycles. The van der Waals surface area contributed by atoms with E-state index in [0.29, 0.717) is 12.1 Å². The van der Waals surface area contributed by atoms with Crippen LogP contribution in [0, 0.1) is 5.92 Å². The van der Waals surface area contributed by atoms with Crippen molar-refractivity contribution in [2.24, 2.45) is 5.92 Å². The molecule has 0 aliphatic rings. The number of carboxylic acid groups (broad SMARTS) is 1. The quantitative estimate of drug-likeness (QED) is 0.769. The zero-order valence-corrected chi connectivity index (χ0v) is 9.63. The summed E-state index contributed by atoms with van der Waals surface area (Å²) >= 11 is 0. The van der Waals surface area contributed by atoms with Gasteiger partial charge in [0.15, 0.2) is 0 Å². The number of aliphatic hydroxyl groups is 1. The van der Waals surface area contributed by atoms with Gasteiger partial charge in [-0.1, -0.05) is 13.8 Å². The fraction of sp³-hybridized carbons (Fsp3) is 0.636. The molecule has 0 saturated heterocycles. The largest absolute Gasteiger partial charge is 0.481 e. The van der Waals surface area contributed by atoms with Crippen LogP contribution >= 0.6 is 0 Å². The van der Waals surface area contributed by atoms with Crippen LogP contribution in [0.15, 0.2) is 12.5 Å². The van der Waals surface area contributed by atoms with Gasteiger partial charge in [-0.25, -0.2) is 4.98 Å². The summed E-state index contributed by atoms with van der Waals surface area (Å²) in [6.45, 7) is 4.51. The molecule has 0 fully saturated rings. The summed E-state index contributed by atoms with van der Waals surface area (Å²) in [5.41, 5.74) is 0.580. The maximum atomic E-state index is 10.9. The zero-order chi connectivity index (χ0) is 12.1. The number of aryl methyl sites for hydroxylation is 1. The van der Waals surface area contributed by atoms with Crippen molar-refractivity contribution in [2.45, 2.75) is 39.3 Å². The molecule has 0 radical (unpaired) electrons. The number of hydrogen-bond donors (Lipinski definition) is 2. The Bertz CT molecular complexity index is 349. The molecule has 2 atom stereocenters. The van der Waals surface area contributed by atoms with Gasteiger partial charge < -0.3 is 14.8 Å². The zero-order valence-electron chi connectivity index (χ0n) is 9.63. The van der Waals surface area contributed by atoms with Crippen molar-refractivity contribution in [1.29, 1.82) is 0 Å². The topological polar surface area (TPSA) is 75.3 Å². The third-order valence-corrected chi connectivity index (χ3v) is 2.65. The van der Waals surface area contributed by atoms with Crippen LogP contribution in [0.3, 0.4) is 0 Å². The molecule has 0 aromatic carbocycles. The SMILES string of the molecule is CCCn1cncc1C(O)C(CC)C(=O)O. The molecule has 1 rings (SSSR count). The first-order chi connectivity index (χ1) is 7.61. The van der Waals surface area contributed by atoms with Crippen LogP contribution in [0.5, 0.6) is 0 Å². The van der Waals surface area contributed by atoms with Crippen LogP contribution in [0.25, 0.3) is 0 Å². The van der Waals surface area contributed by atoms with Crippen molar-refractivity contribution in [1.82, 2.24) is 9.55 Å². The van der Waals surface area contributed by atoms with Gasteiger partial charge in [-0.2, -0.15) is 0 Å². The lowest BCUT2D eigenvalue weighted by atomic mass is 9.97. The van der Waals surface area contributed by atoms with Gasteiger partial charge in [0.2, 0.25) is 0 Å². The number of aliphatic hydroxyl groups excluding tert-OH is 1. The predicted molar refractivity (Wildman–Crippen MR) is 58.9 cm³/mol. The molecule has 2 N–H and O–H groups in total. The summed E-state index contributed by atoms with van der Waals surface area (Å²) in [4.78, 5) is 14.9. The fourth-order valence-corrected chi connectivity index (χ4v) is 1.74. The number of carbonyl (C=O) groups is 1. The normalized spacial score (nSPS) is 14.7. The Kier molecular flexibility index (Phi) is 4.49. The average Bonchev–Trinajstić information content (AvgIpc) is 2.66. The minimum Gasteiger partial charge on any atom is -0.481 e. The third kappa shape index (κ3) is 2.61. The molecular weight excluding hydrogens is 208 g/mol. The second-order valence-electron chi connectivity index (χ2n) is 3.81. The van der Waals surface area contributed by atoms with Crippen molar-refractivity contribution in [3.8, 4) is 0 Å². The first-order valence-corrected chi connectivity index (χ1v) is 5.52. The van der Waals surface area contributed by atoms with E-state index in [-0.39, 0.29) is 0 Å². The first-order valence-electron chi connectivity index (χ1n) is 5.52. The van der Waals surface area contributed by atoms with E-state index in [2.05, 4.69) is 4.98 Å². The van der Waals surface area contributed by atoms with E-state index in [1.54, 1.807) is 17.8 Å². The number of nitrogens with zero attached hydrogens (tertiary/aromatic N) is 2. The summed E-state index contributed by atoms with van der Waals surface area (Å²) in [6.07, 6.45) is 3.48. The van der Waals surface area contributed by atoms with E-state index >= 15 is 0 Å². The van der Waals surface area contributed by atoms with E-state index < -0.39 is 18.0 Å². The fourth-order valence-electron chi connectivity index (χ4n) is 1.74. The summed E-state index contributed by atoms with van der Waals surface area (Å²) in [7, 11) is 0. The highest BCUT2D eigenvalue weighted by Gasteiger charge is 2.28. The van der Waals surface area contributed by atoms with E-state index in [4.69, 9.17) is 5.11 Å². The first kappa shape index (κ1) is 12.7. The Morgan fingerprint density at radius 2 is 2.25 bits per heavy atom. The number of imidazole rings is 1. The Morgan fingerprint density at radius 3 is 2.75 bits per heavy atom. The lowest BCUT2D eigenvalue weighted by Crippen LogP contribution is -2.23. The molecule has 0 bridgehead atoms. The van der Waals surface area contributed by atoms with Crippen LogP contribution in [0.1, 0.15) is 38.5 Å². The van der Waals surface area contributed by atoms with E-state index in [1.807, 2.05) is 6.92 Å². The van der Waals surface area contributed by atoms with Crippen molar-refractivity contribution in [3.63, 3.8) is 0 Å². The van der Waals surface area contributed by atoms with Crippen LogP contribution in [-0.2, 0) is 11.3 Å². The highest BCUT2D eigenvalue weighted by atomic mass is 16.4. The summed E-state index contributed by atoms with van der Waals surface area (Å²) in [5.74, 6) is -1.74. The maximum Gasteiger partial charge on any atom is 0.309 e. The molecule has 1 aromatic heterocycles. The standard InChI is InChI=1S/C11H18N2O3/c1-3-5-13-7-12-6-9(13)10(14)8(4-2)11(15)16/h6-8,10,14H,3-5H2,1-2H3,(H,15,16). The average molecular weight is 226 g/mol. The molecule has 0 spiro atoms. The monoisotopic (exact) mass is 226 g/mol. The summed E-state index contributed by atoms with van der Waals surface area (Å²) < 4.78 is 1.80. The Labute approximate surface area is 94.7 Å². The van der Waals surface area contributed by atoms with Gasteiger partial charge in [0.05, 0.1) is 24.1 Å². The molecule has 2 unspecified atom stereocenters. The molecular formula is C11H18N2O3. The Hall–Kier alpha value is -1.36. The number of carboxylic acids is 1. The third-order valence-electron chi connectivity index (χ3n) is 2.65. The minimum absolute atomic E-state index is 0.397. The Balaban J connectivity index is 2.89.